The van der Waals surface area contributed by atoms with Gasteiger partial charge in [-0.3, -0.25) is 9.59 Å². The molecule has 10 heteroatoms. The summed E-state index contributed by atoms with van der Waals surface area (Å²) >= 11 is 3.38. The molecule has 39 heavy (non-hydrogen) atoms. The van der Waals surface area contributed by atoms with Crippen molar-refractivity contribution in [2.45, 2.75) is 0 Å². The van der Waals surface area contributed by atoms with Crippen molar-refractivity contribution in [2.75, 3.05) is 20.8 Å². The van der Waals surface area contributed by atoms with Crippen molar-refractivity contribution < 1.29 is 28.6 Å². The lowest BCUT2D eigenvalue weighted by atomic mass is 10.0. The summed E-state index contributed by atoms with van der Waals surface area (Å²) in [6.45, 7) is -0.279. The number of esters is 1. The Kier molecular flexibility index (Phi) is 8.90. The zero-order chi connectivity index (χ0) is 27.8. The number of hydrogen-bond acceptors (Lipinski definition) is 7. The fourth-order valence-corrected chi connectivity index (χ4v) is 4.11. The Morgan fingerprint density at radius 1 is 0.872 bits per heavy atom. The first kappa shape index (κ1) is 27.3. The van der Waals surface area contributed by atoms with Crippen molar-refractivity contribution in [1.82, 2.24) is 10.7 Å². The molecule has 0 saturated carbocycles. The van der Waals surface area contributed by atoms with Crippen LogP contribution in [0.1, 0.15) is 26.3 Å². The van der Waals surface area contributed by atoms with Gasteiger partial charge in [0.15, 0.2) is 11.5 Å². The number of carbonyl (C=O) groups is 3. The Morgan fingerprint density at radius 2 is 1.62 bits per heavy atom. The third kappa shape index (κ3) is 6.79. The molecule has 0 spiro atoms. The summed E-state index contributed by atoms with van der Waals surface area (Å²) in [5.74, 6) is -0.427. The standard InChI is InChI=1S/C29H24BrN3O6/c1-37-25-12-10-19(15-26(25)38-2)29(36)39-24-13-11-21(30)14-20(24)16-32-33-27(34)17-31-28(35)23-9-5-7-18-6-3-4-8-22(18)23/h3-16H,17H2,1-2H3,(H,31,35)(H,33,34)/b32-16+. The first-order valence-corrected chi connectivity index (χ1v) is 12.5. The molecule has 9 nitrogen and oxygen atoms in total. The van der Waals surface area contributed by atoms with E-state index in [1.165, 1.54) is 26.5 Å². The number of ether oxygens (including phenoxy) is 3. The predicted octanol–water partition coefficient (Wildman–Crippen LogP) is 4.72. The van der Waals surface area contributed by atoms with Crippen molar-refractivity contribution in [3.8, 4) is 17.2 Å². The van der Waals surface area contributed by atoms with Gasteiger partial charge < -0.3 is 19.5 Å². The molecule has 0 bridgehead atoms. The summed E-state index contributed by atoms with van der Waals surface area (Å²) in [5, 5.41) is 8.27. The molecule has 0 aliphatic heterocycles. The van der Waals surface area contributed by atoms with Crippen LogP contribution in [0.4, 0.5) is 0 Å². The Morgan fingerprint density at radius 3 is 2.41 bits per heavy atom. The van der Waals surface area contributed by atoms with Gasteiger partial charge in [-0.05, 0) is 53.2 Å². The van der Waals surface area contributed by atoms with E-state index in [0.29, 0.717) is 27.1 Å². The highest BCUT2D eigenvalue weighted by molar-refractivity contribution is 9.10. The van der Waals surface area contributed by atoms with Crippen molar-refractivity contribution in [3.63, 3.8) is 0 Å². The Labute approximate surface area is 232 Å². The predicted molar refractivity (Wildman–Crippen MR) is 151 cm³/mol. The van der Waals surface area contributed by atoms with Crippen LogP contribution in [0, 0.1) is 0 Å². The fourth-order valence-electron chi connectivity index (χ4n) is 3.73. The van der Waals surface area contributed by atoms with Crippen molar-refractivity contribution >= 4 is 50.7 Å². The average molecular weight is 590 g/mol. The molecule has 0 unspecified atom stereocenters. The molecule has 0 radical (unpaired) electrons. The summed E-state index contributed by atoms with van der Waals surface area (Å²) in [5.41, 5.74) is 3.52. The van der Waals surface area contributed by atoms with Gasteiger partial charge >= 0.3 is 5.97 Å². The van der Waals surface area contributed by atoms with Crippen LogP contribution in [0.15, 0.2) is 88.4 Å². The normalized spacial score (nSPS) is 10.7. The number of halogens is 1. The number of methoxy groups -OCH3 is 2. The smallest absolute Gasteiger partial charge is 0.343 e. The van der Waals surface area contributed by atoms with Gasteiger partial charge in [0.05, 0.1) is 32.5 Å². The van der Waals surface area contributed by atoms with Gasteiger partial charge in [0, 0.05) is 15.6 Å². The fraction of sp³-hybridized carbons (Fsp3) is 0.103. The zero-order valence-corrected chi connectivity index (χ0v) is 22.7. The van der Waals surface area contributed by atoms with E-state index in [9.17, 15) is 14.4 Å². The molecule has 2 amide bonds. The van der Waals surface area contributed by atoms with Crippen LogP contribution in [-0.2, 0) is 4.79 Å². The minimum Gasteiger partial charge on any atom is -0.493 e. The summed E-state index contributed by atoms with van der Waals surface area (Å²) in [4.78, 5) is 37.7. The largest absolute Gasteiger partial charge is 0.493 e. The second kappa shape index (κ2) is 12.7. The van der Waals surface area contributed by atoms with Gasteiger partial charge in [-0.15, -0.1) is 0 Å². The molecular formula is C29H24BrN3O6. The highest BCUT2D eigenvalue weighted by atomic mass is 79.9. The SMILES string of the molecule is COc1ccc(C(=O)Oc2ccc(Br)cc2/C=N/NC(=O)CNC(=O)c2cccc3ccccc23)cc1OC. The van der Waals surface area contributed by atoms with Gasteiger partial charge in [-0.25, -0.2) is 10.2 Å². The van der Waals surface area contributed by atoms with Gasteiger partial charge in [-0.2, -0.15) is 5.10 Å². The maximum Gasteiger partial charge on any atom is 0.343 e. The van der Waals surface area contributed by atoms with Crippen molar-refractivity contribution in [3.05, 3.63) is 100 Å². The maximum absolute atomic E-state index is 12.8. The first-order valence-electron chi connectivity index (χ1n) is 11.7. The Balaban J connectivity index is 1.38. The molecule has 0 atom stereocenters. The quantitative estimate of drug-likeness (QED) is 0.126. The number of nitrogens with one attached hydrogen (secondary N) is 2. The number of amides is 2. The van der Waals surface area contributed by atoms with Crippen LogP contribution < -0.4 is 25.0 Å². The Bertz CT molecular complexity index is 1560. The van der Waals surface area contributed by atoms with Crippen LogP contribution in [0.2, 0.25) is 0 Å². The van der Waals surface area contributed by atoms with Gasteiger partial charge in [-0.1, -0.05) is 52.3 Å². The molecule has 4 rings (SSSR count). The minimum absolute atomic E-state index is 0.222. The molecule has 0 saturated heterocycles. The number of hydrogen-bond donors (Lipinski definition) is 2. The van der Waals surface area contributed by atoms with Crippen LogP contribution in [0.3, 0.4) is 0 Å². The van der Waals surface area contributed by atoms with Gasteiger partial charge in [0.1, 0.15) is 5.75 Å². The summed E-state index contributed by atoms with van der Waals surface area (Å²) in [6.07, 6.45) is 1.34. The van der Waals surface area contributed by atoms with E-state index >= 15 is 0 Å². The lowest BCUT2D eigenvalue weighted by Gasteiger charge is -2.11. The number of hydrazone groups is 1. The maximum atomic E-state index is 12.8. The zero-order valence-electron chi connectivity index (χ0n) is 21.1. The van der Waals surface area contributed by atoms with E-state index in [2.05, 4.69) is 31.8 Å². The molecule has 0 fully saturated rings. The average Bonchev–Trinajstić information content (AvgIpc) is 2.96. The van der Waals surface area contributed by atoms with E-state index in [1.54, 1.807) is 42.5 Å². The van der Waals surface area contributed by atoms with E-state index in [4.69, 9.17) is 14.2 Å². The topological polar surface area (TPSA) is 115 Å². The highest BCUT2D eigenvalue weighted by Gasteiger charge is 2.15. The monoisotopic (exact) mass is 589 g/mol. The van der Waals surface area contributed by atoms with E-state index < -0.39 is 11.9 Å². The van der Waals surface area contributed by atoms with Crippen molar-refractivity contribution in [2.24, 2.45) is 5.10 Å². The third-order valence-corrected chi connectivity index (χ3v) is 6.12. The molecule has 198 valence electrons. The lowest BCUT2D eigenvalue weighted by Crippen LogP contribution is -2.35. The second-order valence-electron chi connectivity index (χ2n) is 8.14. The molecule has 4 aromatic carbocycles. The number of nitrogens with zero attached hydrogens (tertiary/aromatic N) is 1. The summed E-state index contributed by atoms with van der Waals surface area (Å²) in [7, 11) is 2.97. The third-order valence-electron chi connectivity index (χ3n) is 5.63. The number of fused-ring (bicyclic) bond motifs is 1. The highest BCUT2D eigenvalue weighted by Crippen LogP contribution is 2.29. The number of benzene rings is 4. The van der Waals surface area contributed by atoms with Gasteiger partial charge in [0.2, 0.25) is 0 Å². The van der Waals surface area contributed by atoms with E-state index in [0.717, 1.165) is 10.8 Å². The number of rotatable bonds is 9. The summed E-state index contributed by atoms with van der Waals surface area (Å²) in [6, 6.07) is 22.6. The Hall–Kier alpha value is -4.70. The lowest BCUT2D eigenvalue weighted by molar-refractivity contribution is -0.120. The van der Waals surface area contributed by atoms with Crippen LogP contribution in [0.25, 0.3) is 10.8 Å². The first-order chi connectivity index (χ1) is 18.9. The molecule has 2 N–H and O–H groups in total. The molecule has 0 heterocycles. The van der Waals surface area contributed by atoms with Gasteiger partial charge in [0.25, 0.3) is 11.8 Å². The van der Waals surface area contributed by atoms with Crippen LogP contribution in [0.5, 0.6) is 17.2 Å². The molecule has 4 aromatic rings. The molecular weight excluding hydrogens is 566 g/mol. The van der Waals surface area contributed by atoms with Crippen molar-refractivity contribution in [1.29, 1.82) is 0 Å². The minimum atomic E-state index is -0.617. The van der Waals surface area contributed by atoms with Crippen LogP contribution in [-0.4, -0.2) is 44.8 Å². The second-order valence-corrected chi connectivity index (χ2v) is 9.06. The van der Waals surface area contributed by atoms with Crippen LogP contribution >= 0.6 is 15.9 Å². The van der Waals surface area contributed by atoms with E-state index in [-0.39, 0.29) is 23.8 Å². The summed E-state index contributed by atoms with van der Waals surface area (Å²) < 4.78 is 16.7. The number of carbonyl (C=O) groups excluding carboxylic acids is 3. The molecule has 0 aliphatic carbocycles. The molecule has 0 aliphatic rings. The van der Waals surface area contributed by atoms with E-state index in [1.807, 2.05) is 30.3 Å². The molecule has 0 aromatic heterocycles.